The van der Waals surface area contributed by atoms with E-state index in [2.05, 4.69) is 15.5 Å². The van der Waals surface area contributed by atoms with Crippen molar-refractivity contribution >= 4 is 6.03 Å². The molecule has 0 radical (unpaired) electrons. The number of hydrogen-bond donors (Lipinski definition) is 2. The quantitative estimate of drug-likeness (QED) is 0.843. The van der Waals surface area contributed by atoms with Gasteiger partial charge in [0.05, 0.1) is 18.4 Å². The molecule has 2 unspecified atom stereocenters. The molecule has 3 heterocycles. The van der Waals surface area contributed by atoms with Gasteiger partial charge in [-0.15, -0.1) is 0 Å². The molecule has 0 saturated carbocycles. The Morgan fingerprint density at radius 2 is 2.13 bits per heavy atom. The van der Waals surface area contributed by atoms with Crippen molar-refractivity contribution in [1.82, 2.24) is 15.5 Å². The third kappa shape index (κ3) is 4.72. The predicted molar refractivity (Wildman–Crippen MR) is 87.2 cm³/mol. The van der Waals surface area contributed by atoms with E-state index in [1.807, 2.05) is 12.1 Å². The first-order valence-corrected chi connectivity index (χ1v) is 8.73. The zero-order valence-electron chi connectivity index (χ0n) is 13.6. The number of carbonyl (C=O) groups excluding carboxylic acids is 1. The Hall–Kier alpha value is -1.53. The fourth-order valence-corrected chi connectivity index (χ4v) is 3.38. The number of rotatable bonds is 6. The molecule has 2 amide bonds. The van der Waals surface area contributed by atoms with E-state index in [1.165, 1.54) is 19.3 Å². The van der Waals surface area contributed by atoms with Gasteiger partial charge in [-0.2, -0.15) is 0 Å². The molecule has 2 saturated heterocycles. The molecule has 2 fully saturated rings. The highest BCUT2D eigenvalue weighted by Gasteiger charge is 2.25. The average molecular weight is 321 g/mol. The Kier molecular flexibility index (Phi) is 5.93. The fraction of sp³-hybridized carbons (Fsp3) is 0.706. The summed E-state index contributed by atoms with van der Waals surface area (Å²) in [5.41, 5.74) is 0. The molecule has 2 N–H and O–H groups in total. The van der Waals surface area contributed by atoms with E-state index < -0.39 is 0 Å². The minimum Gasteiger partial charge on any atom is -0.468 e. The van der Waals surface area contributed by atoms with E-state index >= 15 is 0 Å². The molecule has 128 valence electrons. The monoisotopic (exact) mass is 321 g/mol. The second-order valence-corrected chi connectivity index (χ2v) is 6.35. The van der Waals surface area contributed by atoms with Crippen LogP contribution in [-0.4, -0.2) is 49.8 Å². The van der Waals surface area contributed by atoms with E-state index in [9.17, 15) is 4.79 Å². The molecule has 6 heteroatoms. The molecule has 0 bridgehead atoms. The van der Waals surface area contributed by atoms with Gasteiger partial charge in [-0.05, 0) is 50.9 Å². The van der Waals surface area contributed by atoms with Gasteiger partial charge in [-0.1, -0.05) is 6.42 Å². The highest BCUT2D eigenvalue weighted by atomic mass is 16.5. The van der Waals surface area contributed by atoms with Crippen molar-refractivity contribution in [1.29, 1.82) is 0 Å². The van der Waals surface area contributed by atoms with Gasteiger partial charge < -0.3 is 19.8 Å². The number of nitrogens with one attached hydrogen (secondary N) is 2. The molecule has 2 aliphatic heterocycles. The lowest BCUT2D eigenvalue weighted by Gasteiger charge is -2.33. The molecule has 1 aromatic rings. The summed E-state index contributed by atoms with van der Waals surface area (Å²) >= 11 is 0. The fourth-order valence-electron chi connectivity index (χ4n) is 3.38. The maximum atomic E-state index is 12.0. The predicted octanol–water partition coefficient (Wildman–Crippen LogP) is 2.28. The van der Waals surface area contributed by atoms with Gasteiger partial charge in [0.2, 0.25) is 0 Å². The summed E-state index contributed by atoms with van der Waals surface area (Å²) in [7, 11) is 0. The number of likely N-dealkylation sites (tertiary alicyclic amines) is 1. The van der Waals surface area contributed by atoms with Gasteiger partial charge in [0.1, 0.15) is 5.76 Å². The molecular formula is C17H27N3O3. The molecular weight excluding hydrogens is 294 g/mol. The molecule has 0 aliphatic carbocycles. The minimum absolute atomic E-state index is 0.110. The normalized spacial score (nSPS) is 23.6. The van der Waals surface area contributed by atoms with Crippen LogP contribution in [0.4, 0.5) is 4.79 Å². The van der Waals surface area contributed by atoms with E-state index in [1.54, 1.807) is 6.26 Å². The second-order valence-electron chi connectivity index (χ2n) is 6.35. The topological polar surface area (TPSA) is 66.7 Å². The lowest BCUT2D eigenvalue weighted by molar-refractivity contribution is 0.110. The van der Waals surface area contributed by atoms with Gasteiger partial charge in [0.25, 0.3) is 0 Å². The van der Waals surface area contributed by atoms with Crippen LogP contribution in [-0.2, 0) is 4.74 Å². The Bertz CT molecular complexity index is 465. The van der Waals surface area contributed by atoms with Crippen molar-refractivity contribution < 1.29 is 13.9 Å². The number of hydrogen-bond acceptors (Lipinski definition) is 4. The zero-order chi connectivity index (χ0) is 15.9. The maximum absolute atomic E-state index is 12.0. The lowest BCUT2D eigenvalue weighted by Crippen LogP contribution is -2.45. The number of nitrogens with zero attached hydrogens (tertiary/aromatic N) is 1. The van der Waals surface area contributed by atoms with Crippen molar-refractivity contribution in [3.05, 3.63) is 24.2 Å². The summed E-state index contributed by atoms with van der Waals surface area (Å²) in [5, 5.41) is 5.89. The van der Waals surface area contributed by atoms with Crippen LogP contribution < -0.4 is 10.6 Å². The van der Waals surface area contributed by atoms with Gasteiger partial charge >= 0.3 is 6.03 Å². The molecule has 0 aromatic carbocycles. The maximum Gasteiger partial charge on any atom is 0.314 e. The molecule has 0 spiro atoms. The van der Waals surface area contributed by atoms with Crippen molar-refractivity contribution in [3.8, 4) is 0 Å². The number of amides is 2. The summed E-state index contributed by atoms with van der Waals surface area (Å²) in [6.07, 6.45) is 7.70. The Labute approximate surface area is 137 Å². The van der Waals surface area contributed by atoms with Crippen LogP contribution in [0.15, 0.2) is 22.8 Å². The summed E-state index contributed by atoms with van der Waals surface area (Å²) < 4.78 is 11.1. The molecule has 6 nitrogen and oxygen atoms in total. The van der Waals surface area contributed by atoms with E-state index in [-0.39, 0.29) is 18.2 Å². The van der Waals surface area contributed by atoms with Crippen LogP contribution in [0, 0.1) is 0 Å². The van der Waals surface area contributed by atoms with E-state index in [0.717, 1.165) is 38.3 Å². The number of ether oxygens (including phenoxy) is 1. The smallest absolute Gasteiger partial charge is 0.314 e. The molecule has 2 aliphatic rings. The average Bonchev–Trinajstić information content (AvgIpc) is 3.28. The third-order valence-electron chi connectivity index (χ3n) is 4.67. The van der Waals surface area contributed by atoms with Crippen molar-refractivity contribution in [3.63, 3.8) is 0 Å². The molecule has 3 rings (SSSR count). The summed E-state index contributed by atoms with van der Waals surface area (Å²) in [6.45, 7) is 4.07. The third-order valence-corrected chi connectivity index (χ3v) is 4.67. The Morgan fingerprint density at radius 1 is 1.26 bits per heavy atom. The molecule has 1 aromatic heterocycles. The van der Waals surface area contributed by atoms with Crippen LogP contribution in [0.1, 0.15) is 43.9 Å². The first-order valence-electron chi connectivity index (χ1n) is 8.73. The zero-order valence-corrected chi connectivity index (χ0v) is 13.6. The first kappa shape index (κ1) is 16.3. The van der Waals surface area contributed by atoms with Gasteiger partial charge in [-0.25, -0.2) is 4.79 Å². The van der Waals surface area contributed by atoms with E-state index in [4.69, 9.17) is 9.15 Å². The Morgan fingerprint density at radius 3 is 2.83 bits per heavy atom. The van der Waals surface area contributed by atoms with Gasteiger partial charge in [0.15, 0.2) is 0 Å². The second kappa shape index (κ2) is 8.36. The SMILES string of the molecule is O=C(NCC1CCCO1)NCC(c1ccco1)N1CCCCC1. The minimum atomic E-state index is -0.130. The lowest BCUT2D eigenvalue weighted by atomic mass is 10.1. The van der Waals surface area contributed by atoms with Crippen molar-refractivity contribution in [2.24, 2.45) is 0 Å². The summed E-state index contributed by atoms with van der Waals surface area (Å²) in [6, 6.07) is 3.88. The van der Waals surface area contributed by atoms with Crippen LogP contribution in [0.25, 0.3) is 0 Å². The van der Waals surface area contributed by atoms with Crippen LogP contribution in [0.2, 0.25) is 0 Å². The highest BCUT2D eigenvalue weighted by Crippen LogP contribution is 2.24. The number of piperidine rings is 1. The van der Waals surface area contributed by atoms with Crippen LogP contribution >= 0.6 is 0 Å². The number of urea groups is 1. The molecule has 23 heavy (non-hydrogen) atoms. The summed E-state index contributed by atoms with van der Waals surface area (Å²) in [5.74, 6) is 0.923. The van der Waals surface area contributed by atoms with E-state index in [0.29, 0.717) is 13.1 Å². The highest BCUT2D eigenvalue weighted by molar-refractivity contribution is 5.73. The van der Waals surface area contributed by atoms with Gasteiger partial charge in [-0.3, -0.25) is 4.90 Å². The number of carbonyl (C=O) groups is 1. The molecule has 2 atom stereocenters. The first-order chi connectivity index (χ1) is 11.3. The van der Waals surface area contributed by atoms with Crippen molar-refractivity contribution in [2.45, 2.75) is 44.2 Å². The summed E-state index contributed by atoms with van der Waals surface area (Å²) in [4.78, 5) is 14.4. The Balaban J connectivity index is 1.48. The number of furan rings is 1. The standard InChI is InChI=1S/C17H27N3O3/c21-17(18-12-14-6-4-10-22-14)19-13-15(16-7-5-11-23-16)20-8-2-1-3-9-20/h5,7,11,14-15H,1-4,6,8-10,12-13H2,(H2,18,19,21). The van der Waals surface area contributed by atoms with Gasteiger partial charge in [0, 0.05) is 19.7 Å². The van der Waals surface area contributed by atoms with Crippen molar-refractivity contribution in [2.75, 3.05) is 32.8 Å². The van der Waals surface area contributed by atoms with Crippen LogP contribution in [0.3, 0.4) is 0 Å². The largest absolute Gasteiger partial charge is 0.468 e. The van der Waals surface area contributed by atoms with Crippen LogP contribution in [0.5, 0.6) is 0 Å².